The highest BCUT2D eigenvalue weighted by molar-refractivity contribution is 5.95. The number of carboxylic acid groups (broad SMARTS) is 1. The normalized spacial score (nSPS) is 13.0. The number of hydrogen-bond acceptors (Lipinski definition) is 6. The monoisotopic (exact) mass is 428 g/mol. The molecule has 0 aliphatic heterocycles. The number of aliphatic carboxylic acids is 1. The van der Waals surface area contributed by atoms with Crippen molar-refractivity contribution in [1.29, 1.82) is 0 Å². The number of nitrogens with zero attached hydrogens (tertiary/aromatic N) is 1. The zero-order valence-electron chi connectivity index (χ0n) is 18.1. The summed E-state index contributed by atoms with van der Waals surface area (Å²) in [4.78, 5) is 40.5. The molecule has 1 aromatic carbocycles. The van der Waals surface area contributed by atoms with Crippen LogP contribution in [0.3, 0.4) is 0 Å². The smallest absolute Gasteiger partial charge is 0.413 e. The first-order chi connectivity index (χ1) is 14.6. The number of rotatable bonds is 8. The number of ether oxygens (including phenoxy) is 2. The van der Waals surface area contributed by atoms with E-state index < -0.39 is 35.5 Å². The molecule has 31 heavy (non-hydrogen) atoms. The molecule has 2 aromatic rings. The molecule has 1 aromatic heterocycles. The number of aromatic nitrogens is 1. The van der Waals surface area contributed by atoms with Crippen molar-refractivity contribution in [3.8, 4) is 0 Å². The van der Waals surface area contributed by atoms with Crippen molar-refractivity contribution < 1.29 is 29.0 Å². The number of nitrogens with one attached hydrogen (secondary N) is 1. The molecule has 0 aliphatic carbocycles. The van der Waals surface area contributed by atoms with Crippen LogP contribution in [0.5, 0.6) is 0 Å². The second-order valence-corrected chi connectivity index (χ2v) is 7.97. The van der Waals surface area contributed by atoms with Crippen molar-refractivity contribution in [2.45, 2.75) is 45.6 Å². The maximum absolute atomic E-state index is 12.4. The van der Waals surface area contributed by atoms with Crippen LogP contribution in [-0.4, -0.2) is 40.3 Å². The maximum Gasteiger partial charge on any atom is 0.413 e. The van der Waals surface area contributed by atoms with Crippen molar-refractivity contribution in [2.75, 3.05) is 11.9 Å². The Hall–Kier alpha value is -3.42. The standard InChI is InChI=1S/C23H28N2O6/c1-5-30-21(28)19(20(26)27)17(13-15-9-7-6-8-10-15)16-11-12-18(24-14-16)25-22(29)31-23(2,3)4/h6-12,14,17,19H,5,13H2,1-4H3,(H,26,27)(H,24,25,29). The molecule has 0 spiro atoms. The fraction of sp³-hybridized carbons (Fsp3) is 0.391. The fourth-order valence-electron chi connectivity index (χ4n) is 3.07. The van der Waals surface area contributed by atoms with Gasteiger partial charge in [-0.25, -0.2) is 9.78 Å². The summed E-state index contributed by atoms with van der Waals surface area (Å²) in [6.07, 6.45) is 1.11. The molecule has 1 amide bonds. The first kappa shape index (κ1) is 23.9. The summed E-state index contributed by atoms with van der Waals surface area (Å²) in [7, 11) is 0. The largest absolute Gasteiger partial charge is 0.481 e. The van der Waals surface area contributed by atoms with Gasteiger partial charge in [-0.05, 0) is 51.3 Å². The molecule has 0 saturated heterocycles. The lowest BCUT2D eigenvalue weighted by atomic mass is 9.82. The maximum atomic E-state index is 12.4. The minimum Gasteiger partial charge on any atom is -0.481 e. The van der Waals surface area contributed by atoms with E-state index in [-0.39, 0.29) is 12.4 Å². The van der Waals surface area contributed by atoms with Gasteiger partial charge in [-0.1, -0.05) is 36.4 Å². The van der Waals surface area contributed by atoms with Crippen molar-refractivity contribution in [2.24, 2.45) is 5.92 Å². The first-order valence-corrected chi connectivity index (χ1v) is 10.00. The lowest BCUT2D eigenvalue weighted by Gasteiger charge is -2.23. The highest BCUT2D eigenvalue weighted by Crippen LogP contribution is 2.30. The lowest BCUT2D eigenvalue weighted by Crippen LogP contribution is -2.33. The van der Waals surface area contributed by atoms with Gasteiger partial charge in [-0.2, -0.15) is 0 Å². The Balaban J connectivity index is 2.31. The molecule has 0 saturated carbocycles. The van der Waals surface area contributed by atoms with Crippen molar-refractivity contribution in [1.82, 2.24) is 4.98 Å². The molecular formula is C23H28N2O6. The summed E-state index contributed by atoms with van der Waals surface area (Å²) >= 11 is 0. The van der Waals surface area contributed by atoms with Gasteiger partial charge >= 0.3 is 18.0 Å². The predicted octanol–water partition coefficient (Wildman–Crippen LogP) is 4.02. The molecule has 0 aliphatic rings. The van der Waals surface area contributed by atoms with E-state index in [9.17, 15) is 19.5 Å². The molecule has 1 heterocycles. The van der Waals surface area contributed by atoms with Crippen LogP contribution < -0.4 is 5.32 Å². The number of carbonyl (C=O) groups excluding carboxylic acids is 2. The number of amides is 1. The van der Waals surface area contributed by atoms with E-state index in [2.05, 4.69) is 10.3 Å². The van der Waals surface area contributed by atoms with Gasteiger partial charge in [-0.15, -0.1) is 0 Å². The number of esters is 1. The van der Waals surface area contributed by atoms with E-state index in [4.69, 9.17) is 9.47 Å². The summed E-state index contributed by atoms with van der Waals surface area (Å²) in [6.45, 7) is 6.95. The van der Waals surface area contributed by atoms with Crippen LogP contribution in [0.25, 0.3) is 0 Å². The average molecular weight is 428 g/mol. The zero-order chi connectivity index (χ0) is 23.0. The molecule has 2 rings (SSSR count). The van der Waals surface area contributed by atoms with Gasteiger partial charge in [0.15, 0.2) is 5.92 Å². The number of benzene rings is 1. The first-order valence-electron chi connectivity index (χ1n) is 10.00. The van der Waals surface area contributed by atoms with Crippen LogP contribution >= 0.6 is 0 Å². The van der Waals surface area contributed by atoms with Gasteiger partial charge in [0, 0.05) is 12.1 Å². The van der Waals surface area contributed by atoms with E-state index in [1.165, 1.54) is 6.20 Å². The van der Waals surface area contributed by atoms with E-state index >= 15 is 0 Å². The molecule has 166 valence electrons. The topological polar surface area (TPSA) is 115 Å². The summed E-state index contributed by atoms with van der Waals surface area (Å²) < 4.78 is 10.2. The fourth-order valence-corrected chi connectivity index (χ4v) is 3.07. The minimum atomic E-state index is -1.40. The van der Waals surface area contributed by atoms with Crippen LogP contribution in [-0.2, 0) is 25.5 Å². The summed E-state index contributed by atoms with van der Waals surface area (Å²) in [5.74, 6) is -3.92. The summed E-state index contributed by atoms with van der Waals surface area (Å²) in [5.41, 5.74) is 0.761. The van der Waals surface area contributed by atoms with Gasteiger partial charge in [0.25, 0.3) is 0 Å². The van der Waals surface area contributed by atoms with E-state index in [1.807, 2.05) is 30.3 Å². The minimum absolute atomic E-state index is 0.0810. The molecule has 2 atom stereocenters. The van der Waals surface area contributed by atoms with Gasteiger partial charge in [0.2, 0.25) is 0 Å². The number of carbonyl (C=O) groups is 3. The third-order valence-corrected chi connectivity index (χ3v) is 4.35. The van der Waals surface area contributed by atoms with Crippen molar-refractivity contribution >= 4 is 23.8 Å². The highest BCUT2D eigenvalue weighted by atomic mass is 16.6. The molecule has 8 nitrogen and oxygen atoms in total. The quantitative estimate of drug-likeness (QED) is 0.482. The second-order valence-electron chi connectivity index (χ2n) is 7.97. The Kier molecular flexibility index (Phi) is 8.13. The van der Waals surface area contributed by atoms with E-state index in [0.29, 0.717) is 12.0 Å². The molecule has 0 fully saturated rings. The molecule has 2 N–H and O–H groups in total. The Morgan fingerprint density at radius 1 is 1.10 bits per heavy atom. The second kappa shape index (κ2) is 10.6. The van der Waals surface area contributed by atoms with Crippen LogP contribution in [0.2, 0.25) is 0 Å². The number of pyridine rings is 1. The van der Waals surface area contributed by atoms with Crippen molar-refractivity contribution in [3.63, 3.8) is 0 Å². The molecular weight excluding hydrogens is 400 g/mol. The molecule has 2 unspecified atom stereocenters. The lowest BCUT2D eigenvalue weighted by molar-refractivity contribution is -0.159. The Bertz CT molecular complexity index is 891. The number of hydrogen-bond donors (Lipinski definition) is 2. The number of anilines is 1. The molecule has 0 radical (unpaired) electrons. The summed E-state index contributed by atoms with van der Waals surface area (Å²) in [5, 5.41) is 12.3. The highest BCUT2D eigenvalue weighted by Gasteiger charge is 2.37. The van der Waals surface area contributed by atoms with Crippen LogP contribution in [0.4, 0.5) is 10.6 Å². The van der Waals surface area contributed by atoms with Crippen LogP contribution in [0.15, 0.2) is 48.7 Å². The van der Waals surface area contributed by atoms with Gasteiger partial charge in [-0.3, -0.25) is 14.9 Å². The van der Waals surface area contributed by atoms with Crippen LogP contribution in [0.1, 0.15) is 44.7 Å². The third-order valence-electron chi connectivity index (χ3n) is 4.35. The Morgan fingerprint density at radius 2 is 1.77 bits per heavy atom. The molecule has 8 heteroatoms. The predicted molar refractivity (Wildman–Crippen MR) is 115 cm³/mol. The van der Waals surface area contributed by atoms with E-state index in [1.54, 1.807) is 39.8 Å². The van der Waals surface area contributed by atoms with Gasteiger partial charge < -0.3 is 14.6 Å². The van der Waals surface area contributed by atoms with Crippen molar-refractivity contribution in [3.05, 3.63) is 59.8 Å². The average Bonchev–Trinajstić information content (AvgIpc) is 2.67. The zero-order valence-corrected chi connectivity index (χ0v) is 18.1. The third kappa shape index (κ3) is 7.40. The van der Waals surface area contributed by atoms with Gasteiger partial charge in [0.1, 0.15) is 11.4 Å². The summed E-state index contributed by atoms with van der Waals surface area (Å²) in [6, 6.07) is 12.5. The molecule has 0 bridgehead atoms. The Labute approximate surface area is 181 Å². The van der Waals surface area contributed by atoms with Crippen LogP contribution in [0, 0.1) is 5.92 Å². The van der Waals surface area contributed by atoms with Gasteiger partial charge in [0.05, 0.1) is 6.61 Å². The number of carboxylic acids is 1. The van der Waals surface area contributed by atoms with E-state index in [0.717, 1.165) is 5.56 Å². The Morgan fingerprint density at radius 3 is 2.29 bits per heavy atom. The SMILES string of the molecule is CCOC(=O)C(C(=O)O)C(Cc1ccccc1)c1ccc(NC(=O)OC(C)(C)C)nc1.